The van der Waals surface area contributed by atoms with Gasteiger partial charge in [0, 0.05) is 11.6 Å². The average Bonchev–Trinajstić information content (AvgIpc) is 2.47. The van der Waals surface area contributed by atoms with Gasteiger partial charge >= 0.3 is 0 Å². The average molecular weight is 353 g/mol. The highest BCUT2D eigenvalue weighted by Crippen LogP contribution is 2.52. The molecule has 0 fully saturated rings. The molecule has 122 valence electrons. The van der Waals surface area contributed by atoms with Gasteiger partial charge < -0.3 is 5.32 Å². The summed E-state index contributed by atoms with van der Waals surface area (Å²) in [4.78, 5) is 32.1. The standard InChI is InChI=1S/C17H20ClNO3P/c18-16-8-4-7-15(9-16)10-19-11-17(20)13-23(21,22)12-14-5-2-1-3-6-14/h1-9,19,21-22H,10-13H2/q+1. The SMILES string of the molecule is O=C(CNCc1cccc(Cl)c1)C[P+](O)(O)Cc1ccccc1. The normalized spacial score (nSPS) is 11.4. The van der Waals surface area contributed by atoms with Crippen molar-refractivity contribution in [2.75, 3.05) is 12.7 Å². The monoisotopic (exact) mass is 352 g/mol. The molecule has 0 aromatic heterocycles. The molecule has 2 aromatic rings. The molecular formula is C17H20ClNO3P+. The van der Waals surface area contributed by atoms with Crippen LogP contribution in [0, 0.1) is 0 Å². The van der Waals surface area contributed by atoms with Crippen LogP contribution in [0.5, 0.6) is 0 Å². The van der Waals surface area contributed by atoms with Gasteiger partial charge in [-0.2, -0.15) is 0 Å². The maximum Gasteiger partial charge on any atom is 0.279 e. The number of hydrogen-bond donors (Lipinski definition) is 3. The third-order valence-corrected chi connectivity index (χ3v) is 5.21. The van der Waals surface area contributed by atoms with Crippen LogP contribution in [0.3, 0.4) is 0 Å². The van der Waals surface area contributed by atoms with Crippen molar-refractivity contribution >= 4 is 25.1 Å². The molecule has 4 nitrogen and oxygen atoms in total. The minimum Gasteiger partial charge on any atom is -0.306 e. The number of benzene rings is 2. The van der Waals surface area contributed by atoms with Crippen LogP contribution in [-0.4, -0.2) is 28.3 Å². The first-order valence-electron chi connectivity index (χ1n) is 7.28. The van der Waals surface area contributed by atoms with Crippen LogP contribution in [0.1, 0.15) is 11.1 Å². The summed E-state index contributed by atoms with van der Waals surface area (Å²) in [5.74, 6) is -0.207. The fourth-order valence-electron chi connectivity index (χ4n) is 2.26. The molecule has 0 bridgehead atoms. The van der Waals surface area contributed by atoms with E-state index in [0.717, 1.165) is 11.1 Å². The molecule has 0 heterocycles. The van der Waals surface area contributed by atoms with E-state index in [2.05, 4.69) is 5.32 Å². The maximum atomic E-state index is 11.9. The van der Waals surface area contributed by atoms with Gasteiger partial charge in [-0.25, -0.2) is 9.79 Å². The number of carbonyl (C=O) groups is 1. The highest BCUT2D eigenvalue weighted by atomic mass is 35.5. The van der Waals surface area contributed by atoms with E-state index in [1.807, 2.05) is 48.5 Å². The summed E-state index contributed by atoms with van der Waals surface area (Å²) in [6.07, 6.45) is -0.0711. The Labute approximate surface area is 141 Å². The lowest BCUT2D eigenvalue weighted by Crippen LogP contribution is -2.26. The number of hydrogen-bond acceptors (Lipinski definition) is 4. The number of ketones is 1. The van der Waals surface area contributed by atoms with Crippen molar-refractivity contribution in [3.63, 3.8) is 0 Å². The molecule has 3 N–H and O–H groups in total. The molecular weight excluding hydrogens is 333 g/mol. The highest BCUT2D eigenvalue weighted by Gasteiger charge is 2.36. The third kappa shape index (κ3) is 6.78. The Hall–Kier alpha value is -1.29. The molecule has 6 heteroatoms. The van der Waals surface area contributed by atoms with Gasteiger partial charge in [-0.05, 0) is 23.3 Å². The highest BCUT2D eigenvalue weighted by molar-refractivity contribution is 7.64. The van der Waals surface area contributed by atoms with Gasteiger partial charge in [-0.1, -0.05) is 54.1 Å². The molecule has 2 aromatic carbocycles. The minimum absolute atomic E-state index is 0.101. The van der Waals surface area contributed by atoms with Crippen molar-refractivity contribution < 1.29 is 14.6 Å². The van der Waals surface area contributed by atoms with E-state index in [1.54, 1.807) is 6.07 Å². The topological polar surface area (TPSA) is 69.6 Å². The number of rotatable bonds is 8. The fraction of sp³-hybridized carbons (Fsp3) is 0.235. The van der Waals surface area contributed by atoms with E-state index < -0.39 is 7.72 Å². The summed E-state index contributed by atoms with van der Waals surface area (Å²) in [7, 11) is -3.25. The Morgan fingerprint density at radius 3 is 2.43 bits per heavy atom. The van der Waals surface area contributed by atoms with E-state index in [4.69, 9.17) is 11.6 Å². The van der Waals surface area contributed by atoms with Crippen LogP contribution in [0.25, 0.3) is 0 Å². The van der Waals surface area contributed by atoms with Crippen LogP contribution in [-0.2, 0) is 17.5 Å². The van der Waals surface area contributed by atoms with Crippen molar-refractivity contribution in [3.05, 3.63) is 70.7 Å². The summed E-state index contributed by atoms with van der Waals surface area (Å²) in [5, 5.41) is 3.65. The maximum absolute atomic E-state index is 11.9. The van der Waals surface area contributed by atoms with Gasteiger partial charge in [0.2, 0.25) is 0 Å². The van der Waals surface area contributed by atoms with Gasteiger partial charge in [-0.3, -0.25) is 4.79 Å². The van der Waals surface area contributed by atoms with E-state index in [1.165, 1.54) is 0 Å². The van der Waals surface area contributed by atoms with E-state index >= 15 is 0 Å². The lowest BCUT2D eigenvalue weighted by molar-refractivity contribution is -0.116. The van der Waals surface area contributed by atoms with E-state index in [9.17, 15) is 14.6 Å². The van der Waals surface area contributed by atoms with Crippen molar-refractivity contribution in [1.82, 2.24) is 5.32 Å². The number of halogens is 1. The van der Waals surface area contributed by atoms with Crippen molar-refractivity contribution in [2.24, 2.45) is 0 Å². The number of carbonyl (C=O) groups excluding carboxylic acids is 1. The minimum atomic E-state index is -3.25. The fourth-order valence-corrected chi connectivity index (χ4v) is 4.06. The second kappa shape index (κ2) is 8.53. The Balaban J connectivity index is 1.77. The summed E-state index contributed by atoms with van der Waals surface area (Å²) in [5.41, 5.74) is 1.80. The van der Waals surface area contributed by atoms with Crippen molar-refractivity contribution in [3.8, 4) is 0 Å². The lowest BCUT2D eigenvalue weighted by Gasteiger charge is -2.12. The van der Waals surface area contributed by atoms with Gasteiger partial charge in [0.05, 0.1) is 6.54 Å². The molecule has 0 saturated carbocycles. The molecule has 0 aliphatic heterocycles. The van der Waals surface area contributed by atoms with Gasteiger partial charge in [-0.15, -0.1) is 0 Å². The number of Topliss-reactive ketones (excluding diaryl/α,β-unsaturated/α-hetero) is 1. The van der Waals surface area contributed by atoms with Crippen LogP contribution in [0.2, 0.25) is 5.02 Å². The van der Waals surface area contributed by atoms with Crippen molar-refractivity contribution in [2.45, 2.75) is 12.7 Å². The number of nitrogens with one attached hydrogen (secondary N) is 1. The Bertz CT molecular complexity index is 649. The molecule has 0 amide bonds. The van der Waals surface area contributed by atoms with Crippen LogP contribution in [0.15, 0.2) is 54.6 Å². The quantitative estimate of drug-likeness (QED) is 0.639. The Kier molecular flexibility index (Phi) is 6.70. The van der Waals surface area contributed by atoms with Gasteiger partial charge in [0.1, 0.15) is 6.16 Å². The van der Waals surface area contributed by atoms with Gasteiger partial charge in [0.15, 0.2) is 11.9 Å². The summed E-state index contributed by atoms with van der Waals surface area (Å²) >= 11 is 5.89. The molecule has 0 aliphatic rings. The molecule has 0 saturated heterocycles. The molecule has 2 rings (SSSR count). The first-order valence-corrected chi connectivity index (χ1v) is 9.72. The molecule has 0 radical (unpaired) electrons. The Morgan fingerprint density at radius 1 is 1.04 bits per heavy atom. The van der Waals surface area contributed by atoms with Crippen LogP contribution >= 0.6 is 19.3 Å². The van der Waals surface area contributed by atoms with E-state index in [-0.39, 0.29) is 24.7 Å². The molecule has 0 aliphatic carbocycles. The zero-order chi connectivity index (χ0) is 16.7. The second-order valence-corrected chi connectivity index (χ2v) is 8.28. The summed E-state index contributed by atoms with van der Waals surface area (Å²) < 4.78 is 0. The lowest BCUT2D eigenvalue weighted by atomic mass is 10.2. The Morgan fingerprint density at radius 2 is 1.74 bits per heavy atom. The predicted molar refractivity (Wildman–Crippen MR) is 94.5 cm³/mol. The first kappa shape index (κ1) is 18.1. The molecule has 0 atom stereocenters. The third-order valence-electron chi connectivity index (χ3n) is 3.25. The molecule has 0 unspecified atom stereocenters. The molecule has 0 spiro atoms. The van der Waals surface area contributed by atoms with Crippen LogP contribution in [0.4, 0.5) is 0 Å². The largest absolute Gasteiger partial charge is 0.306 e. The van der Waals surface area contributed by atoms with E-state index in [0.29, 0.717) is 11.6 Å². The zero-order valence-electron chi connectivity index (χ0n) is 12.7. The predicted octanol–water partition coefficient (Wildman–Crippen LogP) is 3.03. The summed E-state index contributed by atoms with van der Waals surface area (Å²) in [6, 6.07) is 16.6. The van der Waals surface area contributed by atoms with Crippen LogP contribution < -0.4 is 5.32 Å². The van der Waals surface area contributed by atoms with Gasteiger partial charge in [0.25, 0.3) is 7.72 Å². The first-order chi connectivity index (χ1) is 10.9. The smallest absolute Gasteiger partial charge is 0.279 e. The second-order valence-electron chi connectivity index (χ2n) is 5.45. The molecule has 23 heavy (non-hydrogen) atoms. The van der Waals surface area contributed by atoms with Crippen molar-refractivity contribution in [1.29, 1.82) is 0 Å². The summed E-state index contributed by atoms with van der Waals surface area (Å²) in [6.45, 7) is 0.609. The zero-order valence-corrected chi connectivity index (χ0v) is 14.3.